The van der Waals surface area contributed by atoms with Crippen molar-refractivity contribution in [3.05, 3.63) is 77.9 Å². The number of hydrogen-bond acceptors (Lipinski definition) is 1. The van der Waals surface area contributed by atoms with E-state index in [1.54, 1.807) is 13.0 Å². The second-order valence-corrected chi connectivity index (χ2v) is 4.31. The van der Waals surface area contributed by atoms with E-state index < -0.39 is 0 Å². The van der Waals surface area contributed by atoms with Crippen LogP contribution < -0.4 is 0 Å². The Bertz CT molecular complexity index is 538. The lowest BCUT2D eigenvalue weighted by Crippen LogP contribution is -1.94. The van der Waals surface area contributed by atoms with Gasteiger partial charge in [-0.3, -0.25) is 4.79 Å². The van der Waals surface area contributed by atoms with Crippen molar-refractivity contribution in [2.45, 2.75) is 13.3 Å². The number of allylic oxidation sites excluding steroid dienone is 2. The van der Waals surface area contributed by atoms with E-state index in [1.807, 2.05) is 48.5 Å². The highest BCUT2D eigenvalue weighted by Gasteiger charge is 2.03. The van der Waals surface area contributed by atoms with E-state index in [0.29, 0.717) is 0 Å². The standard InChI is InChI=1S/C17H16O/c1-14(18)12-17(16-10-6-3-7-11-16)13-15-8-4-2-5-9-15/h2-12H,13H2,1H3/b17-12-. The van der Waals surface area contributed by atoms with Crippen molar-refractivity contribution in [3.8, 4) is 0 Å². The first-order valence-electron chi connectivity index (χ1n) is 6.06. The highest BCUT2D eigenvalue weighted by Crippen LogP contribution is 2.19. The molecule has 2 rings (SSSR count). The number of ketones is 1. The number of hydrogen-bond donors (Lipinski definition) is 0. The molecule has 0 N–H and O–H groups in total. The molecule has 0 aliphatic heterocycles. The van der Waals surface area contributed by atoms with Crippen LogP contribution in [0.2, 0.25) is 0 Å². The number of carbonyl (C=O) groups is 1. The number of benzene rings is 2. The van der Waals surface area contributed by atoms with E-state index in [4.69, 9.17) is 0 Å². The first-order chi connectivity index (χ1) is 8.75. The molecule has 90 valence electrons. The summed E-state index contributed by atoms with van der Waals surface area (Å²) >= 11 is 0. The fourth-order valence-corrected chi connectivity index (χ4v) is 1.95. The molecule has 0 spiro atoms. The van der Waals surface area contributed by atoms with Gasteiger partial charge in [0.15, 0.2) is 5.78 Å². The molecule has 0 aromatic heterocycles. The molecule has 0 saturated carbocycles. The molecule has 0 radical (unpaired) electrons. The van der Waals surface area contributed by atoms with Crippen LogP contribution in [0.15, 0.2) is 66.7 Å². The molecule has 0 atom stereocenters. The van der Waals surface area contributed by atoms with Crippen LogP contribution >= 0.6 is 0 Å². The summed E-state index contributed by atoms with van der Waals surface area (Å²) in [6.45, 7) is 1.59. The van der Waals surface area contributed by atoms with Gasteiger partial charge in [0.2, 0.25) is 0 Å². The Morgan fingerprint density at radius 2 is 1.50 bits per heavy atom. The zero-order valence-electron chi connectivity index (χ0n) is 10.5. The molecule has 0 amide bonds. The molecule has 1 nitrogen and oxygen atoms in total. The van der Waals surface area contributed by atoms with Gasteiger partial charge in [-0.2, -0.15) is 0 Å². The van der Waals surface area contributed by atoms with E-state index in [9.17, 15) is 4.79 Å². The average molecular weight is 236 g/mol. The molecule has 0 bridgehead atoms. The second-order valence-electron chi connectivity index (χ2n) is 4.31. The summed E-state index contributed by atoms with van der Waals surface area (Å²) in [4.78, 5) is 11.3. The monoisotopic (exact) mass is 236 g/mol. The van der Waals surface area contributed by atoms with Crippen molar-refractivity contribution in [3.63, 3.8) is 0 Å². The Morgan fingerprint density at radius 3 is 2.06 bits per heavy atom. The van der Waals surface area contributed by atoms with E-state index in [1.165, 1.54) is 5.56 Å². The predicted molar refractivity (Wildman–Crippen MR) is 75.2 cm³/mol. The van der Waals surface area contributed by atoms with Crippen molar-refractivity contribution < 1.29 is 4.79 Å². The molecule has 0 aliphatic carbocycles. The molecule has 1 heteroatoms. The smallest absolute Gasteiger partial charge is 0.152 e. The largest absolute Gasteiger partial charge is 0.295 e. The zero-order valence-corrected chi connectivity index (χ0v) is 10.5. The summed E-state index contributed by atoms with van der Waals surface area (Å²) < 4.78 is 0. The topological polar surface area (TPSA) is 17.1 Å². The summed E-state index contributed by atoms with van der Waals surface area (Å²) in [7, 11) is 0. The lowest BCUT2D eigenvalue weighted by atomic mass is 9.97. The van der Waals surface area contributed by atoms with Gasteiger partial charge in [-0.05, 0) is 36.1 Å². The Kier molecular flexibility index (Phi) is 4.08. The van der Waals surface area contributed by atoms with E-state index in [-0.39, 0.29) is 5.78 Å². The summed E-state index contributed by atoms with van der Waals surface area (Å²) in [6, 6.07) is 20.3. The maximum atomic E-state index is 11.3. The normalized spacial score (nSPS) is 11.3. The Balaban J connectivity index is 2.31. The molecule has 0 unspecified atom stereocenters. The molecular weight excluding hydrogens is 220 g/mol. The highest BCUT2D eigenvalue weighted by atomic mass is 16.1. The minimum atomic E-state index is 0.0878. The van der Waals surface area contributed by atoms with Crippen LogP contribution in [0.25, 0.3) is 5.57 Å². The minimum Gasteiger partial charge on any atom is -0.295 e. The van der Waals surface area contributed by atoms with Crippen LogP contribution in [0.1, 0.15) is 18.1 Å². The van der Waals surface area contributed by atoms with Gasteiger partial charge in [0.25, 0.3) is 0 Å². The van der Waals surface area contributed by atoms with Crippen molar-refractivity contribution in [1.29, 1.82) is 0 Å². The van der Waals surface area contributed by atoms with Crippen molar-refractivity contribution in [2.24, 2.45) is 0 Å². The third kappa shape index (κ3) is 3.42. The van der Waals surface area contributed by atoms with Gasteiger partial charge in [-0.25, -0.2) is 0 Å². The van der Waals surface area contributed by atoms with E-state index in [2.05, 4.69) is 12.1 Å². The quantitative estimate of drug-likeness (QED) is 0.736. The van der Waals surface area contributed by atoms with E-state index >= 15 is 0 Å². The zero-order chi connectivity index (χ0) is 12.8. The van der Waals surface area contributed by atoms with Gasteiger partial charge in [-0.1, -0.05) is 60.7 Å². The summed E-state index contributed by atoms with van der Waals surface area (Å²) in [5.41, 5.74) is 3.39. The molecule has 0 saturated heterocycles. The van der Waals surface area contributed by atoms with Gasteiger partial charge in [-0.15, -0.1) is 0 Å². The molecule has 2 aromatic rings. The summed E-state index contributed by atoms with van der Waals surface area (Å²) in [5.74, 6) is 0.0878. The average Bonchev–Trinajstić information content (AvgIpc) is 2.40. The SMILES string of the molecule is CC(=O)/C=C(/Cc1ccccc1)c1ccccc1. The molecule has 18 heavy (non-hydrogen) atoms. The summed E-state index contributed by atoms with van der Waals surface area (Å²) in [5, 5.41) is 0. The first kappa shape index (κ1) is 12.3. The molecule has 0 aliphatic rings. The minimum absolute atomic E-state index is 0.0878. The van der Waals surface area contributed by atoms with Crippen LogP contribution in [0.4, 0.5) is 0 Å². The van der Waals surface area contributed by atoms with Gasteiger partial charge in [0.1, 0.15) is 0 Å². The van der Waals surface area contributed by atoms with Crippen LogP contribution in [-0.4, -0.2) is 5.78 Å². The van der Waals surface area contributed by atoms with Crippen molar-refractivity contribution in [2.75, 3.05) is 0 Å². The fraction of sp³-hybridized carbons (Fsp3) is 0.118. The third-order valence-electron chi connectivity index (χ3n) is 2.76. The summed E-state index contributed by atoms with van der Waals surface area (Å²) in [6.07, 6.45) is 2.51. The lowest BCUT2D eigenvalue weighted by Gasteiger charge is -2.07. The Labute approximate surface area is 108 Å². The Morgan fingerprint density at radius 1 is 0.944 bits per heavy atom. The van der Waals surface area contributed by atoms with Crippen LogP contribution in [0.3, 0.4) is 0 Å². The van der Waals surface area contributed by atoms with E-state index in [0.717, 1.165) is 17.6 Å². The molecular formula is C17H16O. The maximum absolute atomic E-state index is 11.3. The number of carbonyl (C=O) groups excluding carboxylic acids is 1. The fourth-order valence-electron chi connectivity index (χ4n) is 1.95. The Hall–Kier alpha value is -2.15. The first-order valence-corrected chi connectivity index (χ1v) is 6.06. The highest BCUT2D eigenvalue weighted by molar-refractivity contribution is 5.95. The van der Waals surface area contributed by atoms with Crippen molar-refractivity contribution >= 4 is 11.4 Å². The second kappa shape index (κ2) is 5.97. The molecule has 0 heterocycles. The predicted octanol–water partition coefficient (Wildman–Crippen LogP) is 3.90. The van der Waals surface area contributed by atoms with Crippen molar-refractivity contribution in [1.82, 2.24) is 0 Å². The van der Waals surface area contributed by atoms with Crippen LogP contribution in [0.5, 0.6) is 0 Å². The molecule has 2 aromatic carbocycles. The maximum Gasteiger partial charge on any atom is 0.152 e. The van der Waals surface area contributed by atoms with Crippen LogP contribution in [0, 0.1) is 0 Å². The van der Waals surface area contributed by atoms with Gasteiger partial charge in [0, 0.05) is 0 Å². The third-order valence-corrected chi connectivity index (χ3v) is 2.76. The lowest BCUT2D eigenvalue weighted by molar-refractivity contribution is -0.112. The van der Waals surface area contributed by atoms with Gasteiger partial charge < -0.3 is 0 Å². The van der Waals surface area contributed by atoms with Crippen LogP contribution in [-0.2, 0) is 11.2 Å². The molecule has 0 fully saturated rings. The number of rotatable bonds is 4. The van der Waals surface area contributed by atoms with Gasteiger partial charge in [0.05, 0.1) is 0 Å². The van der Waals surface area contributed by atoms with Gasteiger partial charge >= 0.3 is 0 Å².